The van der Waals surface area contributed by atoms with Crippen molar-refractivity contribution in [1.29, 1.82) is 0 Å². The predicted molar refractivity (Wildman–Crippen MR) is 68.4 cm³/mol. The average molecular weight is 281 g/mol. The van der Waals surface area contributed by atoms with E-state index in [0.717, 1.165) is 16.4 Å². The highest BCUT2D eigenvalue weighted by Gasteiger charge is 2.05. The maximum Gasteiger partial charge on any atom is 0.216 e. The fourth-order valence-electron chi connectivity index (χ4n) is 1.76. The minimum Gasteiger partial charge on any atom is -0.360 e. The molecule has 1 aromatic carbocycles. The zero-order chi connectivity index (χ0) is 11.5. The van der Waals surface area contributed by atoms with Gasteiger partial charge in [0.25, 0.3) is 0 Å². The van der Waals surface area contributed by atoms with Crippen LogP contribution in [-0.4, -0.2) is 17.4 Å². The van der Waals surface area contributed by atoms with E-state index in [1.165, 1.54) is 17.9 Å². The minimum absolute atomic E-state index is 0.0148. The molecule has 16 heavy (non-hydrogen) atoms. The quantitative estimate of drug-likeness (QED) is 0.892. The van der Waals surface area contributed by atoms with E-state index in [-0.39, 0.29) is 5.91 Å². The third-order valence-corrected chi connectivity index (χ3v) is 3.18. The number of para-hydroxylation sites is 1. The summed E-state index contributed by atoms with van der Waals surface area (Å²) in [4.78, 5) is 14.0. The van der Waals surface area contributed by atoms with Crippen LogP contribution >= 0.6 is 15.9 Å². The lowest BCUT2D eigenvalue weighted by Gasteiger charge is -2.01. The summed E-state index contributed by atoms with van der Waals surface area (Å²) in [5.41, 5.74) is 2.34. The van der Waals surface area contributed by atoms with E-state index in [1.807, 2.05) is 18.3 Å². The van der Waals surface area contributed by atoms with Crippen LogP contribution in [0.15, 0.2) is 28.9 Å². The standard InChI is InChI=1S/C12H13BrN2O/c1-8(16)14-6-5-9-7-15-12-10(9)3-2-4-11(12)13/h2-4,7,15H,5-6H2,1H3,(H,14,16). The summed E-state index contributed by atoms with van der Waals surface area (Å²) < 4.78 is 1.07. The minimum atomic E-state index is 0.0148. The monoisotopic (exact) mass is 280 g/mol. The van der Waals surface area contributed by atoms with Crippen LogP contribution in [0, 0.1) is 0 Å². The van der Waals surface area contributed by atoms with Crippen LogP contribution in [0.1, 0.15) is 12.5 Å². The highest BCUT2D eigenvalue weighted by molar-refractivity contribution is 9.10. The zero-order valence-corrected chi connectivity index (χ0v) is 10.6. The number of aromatic nitrogens is 1. The Kier molecular flexibility index (Phi) is 3.29. The second-order valence-electron chi connectivity index (χ2n) is 3.71. The Morgan fingerprint density at radius 3 is 3.06 bits per heavy atom. The van der Waals surface area contributed by atoms with Crippen molar-refractivity contribution in [3.8, 4) is 0 Å². The van der Waals surface area contributed by atoms with Gasteiger partial charge in [0.2, 0.25) is 5.91 Å². The number of rotatable bonds is 3. The average Bonchev–Trinajstić information content (AvgIpc) is 2.63. The van der Waals surface area contributed by atoms with Crippen molar-refractivity contribution in [3.05, 3.63) is 34.4 Å². The van der Waals surface area contributed by atoms with Gasteiger partial charge in [0, 0.05) is 29.5 Å². The highest BCUT2D eigenvalue weighted by atomic mass is 79.9. The van der Waals surface area contributed by atoms with Crippen LogP contribution in [0.25, 0.3) is 10.9 Å². The number of hydrogen-bond donors (Lipinski definition) is 2. The molecule has 2 rings (SSSR count). The number of nitrogens with one attached hydrogen (secondary N) is 2. The van der Waals surface area contributed by atoms with E-state index < -0.39 is 0 Å². The lowest BCUT2D eigenvalue weighted by atomic mass is 10.1. The van der Waals surface area contributed by atoms with Crippen LogP contribution in [0.5, 0.6) is 0 Å². The first-order chi connectivity index (χ1) is 7.68. The van der Waals surface area contributed by atoms with Gasteiger partial charge >= 0.3 is 0 Å². The molecule has 84 valence electrons. The van der Waals surface area contributed by atoms with Gasteiger partial charge in [0.15, 0.2) is 0 Å². The molecular formula is C12H13BrN2O. The number of aromatic amines is 1. The van der Waals surface area contributed by atoms with Crippen molar-refractivity contribution in [2.75, 3.05) is 6.54 Å². The molecule has 4 heteroatoms. The molecule has 1 aromatic heterocycles. The molecule has 1 heterocycles. The predicted octanol–water partition coefficient (Wildman–Crippen LogP) is 2.61. The number of benzene rings is 1. The SMILES string of the molecule is CC(=O)NCCc1c[nH]c2c(Br)cccc12. The topological polar surface area (TPSA) is 44.9 Å². The van der Waals surface area contributed by atoms with E-state index in [2.05, 4.69) is 32.3 Å². The van der Waals surface area contributed by atoms with Crippen molar-refractivity contribution in [2.24, 2.45) is 0 Å². The van der Waals surface area contributed by atoms with Crippen molar-refractivity contribution in [2.45, 2.75) is 13.3 Å². The Morgan fingerprint density at radius 2 is 2.31 bits per heavy atom. The summed E-state index contributed by atoms with van der Waals surface area (Å²) >= 11 is 3.50. The second-order valence-corrected chi connectivity index (χ2v) is 4.56. The molecule has 0 aliphatic carbocycles. The van der Waals surface area contributed by atoms with Crippen molar-refractivity contribution in [3.63, 3.8) is 0 Å². The number of halogens is 1. The molecule has 2 N–H and O–H groups in total. The lowest BCUT2D eigenvalue weighted by molar-refractivity contribution is -0.118. The van der Waals surface area contributed by atoms with E-state index in [4.69, 9.17) is 0 Å². The van der Waals surface area contributed by atoms with Gasteiger partial charge < -0.3 is 10.3 Å². The number of carbonyl (C=O) groups excluding carboxylic acids is 1. The van der Waals surface area contributed by atoms with Gasteiger partial charge in [0.1, 0.15) is 0 Å². The van der Waals surface area contributed by atoms with E-state index in [1.54, 1.807) is 0 Å². The van der Waals surface area contributed by atoms with E-state index in [0.29, 0.717) is 6.54 Å². The Bertz CT molecular complexity index is 519. The molecule has 0 saturated carbocycles. The van der Waals surface area contributed by atoms with E-state index >= 15 is 0 Å². The molecule has 0 aliphatic heterocycles. The van der Waals surface area contributed by atoms with Gasteiger partial charge in [-0.15, -0.1) is 0 Å². The van der Waals surface area contributed by atoms with Crippen LogP contribution < -0.4 is 5.32 Å². The van der Waals surface area contributed by atoms with Gasteiger partial charge in [-0.05, 0) is 34.0 Å². The number of fused-ring (bicyclic) bond motifs is 1. The largest absolute Gasteiger partial charge is 0.360 e. The molecule has 0 saturated heterocycles. The molecule has 1 amide bonds. The maximum absolute atomic E-state index is 10.8. The first-order valence-corrected chi connectivity index (χ1v) is 5.96. The number of H-pyrrole nitrogens is 1. The molecule has 0 radical (unpaired) electrons. The summed E-state index contributed by atoms with van der Waals surface area (Å²) in [5.74, 6) is 0.0148. The van der Waals surface area contributed by atoms with Crippen molar-refractivity contribution < 1.29 is 4.79 Å². The molecule has 0 atom stereocenters. The summed E-state index contributed by atoms with van der Waals surface area (Å²) in [6, 6.07) is 6.11. The molecule has 0 unspecified atom stereocenters. The summed E-state index contributed by atoms with van der Waals surface area (Å²) in [7, 11) is 0. The smallest absolute Gasteiger partial charge is 0.216 e. The fourth-order valence-corrected chi connectivity index (χ4v) is 2.24. The first-order valence-electron chi connectivity index (χ1n) is 5.17. The molecule has 3 nitrogen and oxygen atoms in total. The maximum atomic E-state index is 10.8. The van der Waals surface area contributed by atoms with Gasteiger partial charge in [-0.1, -0.05) is 12.1 Å². The molecule has 0 spiro atoms. The first kappa shape index (κ1) is 11.2. The third-order valence-electron chi connectivity index (χ3n) is 2.52. The highest BCUT2D eigenvalue weighted by Crippen LogP contribution is 2.25. The molecule has 0 aliphatic rings. The second kappa shape index (κ2) is 4.70. The van der Waals surface area contributed by atoms with Crippen molar-refractivity contribution in [1.82, 2.24) is 10.3 Å². The Labute approximate surface area is 102 Å². The van der Waals surface area contributed by atoms with Gasteiger partial charge in [-0.25, -0.2) is 0 Å². The van der Waals surface area contributed by atoms with Crippen LogP contribution in [0.4, 0.5) is 0 Å². The van der Waals surface area contributed by atoms with E-state index in [9.17, 15) is 4.79 Å². The molecule has 0 bridgehead atoms. The van der Waals surface area contributed by atoms with Crippen LogP contribution in [-0.2, 0) is 11.2 Å². The number of hydrogen-bond acceptors (Lipinski definition) is 1. The number of amides is 1. The summed E-state index contributed by atoms with van der Waals surface area (Å²) in [5, 5.41) is 4.01. The van der Waals surface area contributed by atoms with Crippen LogP contribution in [0.2, 0.25) is 0 Å². The fraction of sp³-hybridized carbons (Fsp3) is 0.250. The zero-order valence-electron chi connectivity index (χ0n) is 9.01. The van der Waals surface area contributed by atoms with Gasteiger partial charge in [-0.3, -0.25) is 4.79 Å². The summed E-state index contributed by atoms with van der Waals surface area (Å²) in [6.07, 6.45) is 2.84. The molecule has 2 aromatic rings. The third kappa shape index (κ3) is 2.27. The summed E-state index contributed by atoms with van der Waals surface area (Å²) in [6.45, 7) is 2.21. The van der Waals surface area contributed by atoms with Crippen LogP contribution in [0.3, 0.4) is 0 Å². The Morgan fingerprint density at radius 1 is 1.50 bits per heavy atom. The van der Waals surface area contributed by atoms with Gasteiger partial charge in [-0.2, -0.15) is 0 Å². The normalized spacial score (nSPS) is 10.6. The molecular weight excluding hydrogens is 268 g/mol. The number of carbonyl (C=O) groups is 1. The Balaban J connectivity index is 2.19. The lowest BCUT2D eigenvalue weighted by Crippen LogP contribution is -2.22. The van der Waals surface area contributed by atoms with Gasteiger partial charge in [0.05, 0.1) is 5.52 Å². The Hall–Kier alpha value is -1.29. The molecule has 0 fully saturated rings. The van der Waals surface area contributed by atoms with Crippen molar-refractivity contribution >= 4 is 32.7 Å².